The SMILES string of the molecule is CC(C)CCCCNCC(N)c1cccs1. The van der Waals surface area contributed by atoms with Crippen molar-refractivity contribution in [1.82, 2.24) is 5.32 Å². The molecule has 2 nitrogen and oxygen atoms in total. The van der Waals surface area contributed by atoms with E-state index in [1.165, 1.54) is 24.1 Å². The Morgan fingerprint density at radius 2 is 2.19 bits per heavy atom. The molecule has 92 valence electrons. The van der Waals surface area contributed by atoms with Crippen LogP contribution in [0.4, 0.5) is 0 Å². The van der Waals surface area contributed by atoms with Crippen LogP contribution in [-0.4, -0.2) is 13.1 Å². The Morgan fingerprint density at radius 3 is 2.81 bits per heavy atom. The van der Waals surface area contributed by atoms with Crippen LogP contribution in [0.25, 0.3) is 0 Å². The van der Waals surface area contributed by atoms with Crippen molar-refractivity contribution in [2.45, 2.75) is 39.2 Å². The smallest absolute Gasteiger partial charge is 0.0516 e. The van der Waals surface area contributed by atoms with Crippen molar-refractivity contribution in [3.63, 3.8) is 0 Å². The second-order valence-electron chi connectivity index (χ2n) is 4.72. The molecular formula is C13H24N2S. The van der Waals surface area contributed by atoms with E-state index in [0.29, 0.717) is 0 Å². The molecule has 0 radical (unpaired) electrons. The molecule has 1 atom stereocenters. The van der Waals surface area contributed by atoms with E-state index in [1.807, 2.05) is 0 Å². The maximum Gasteiger partial charge on any atom is 0.0516 e. The first kappa shape index (κ1) is 13.7. The van der Waals surface area contributed by atoms with Crippen LogP contribution in [-0.2, 0) is 0 Å². The fourth-order valence-corrected chi connectivity index (χ4v) is 2.39. The average molecular weight is 240 g/mol. The van der Waals surface area contributed by atoms with E-state index in [4.69, 9.17) is 5.73 Å². The Labute approximate surface area is 103 Å². The minimum Gasteiger partial charge on any atom is -0.322 e. The molecule has 16 heavy (non-hydrogen) atoms. The monoisotopic (exact) mass is 240 g/mol. The highest BCUT2D eigenvalue weighted by Gasteiger charge is 2.05. The third-order valence-corrected chi connectivity index (χ3v) is 3.66. The number of thiophene rings is 1. The summed E-state index contributed by atoms with van der Waals surface area (Å²) < 4.78 is 0. The minimum absolute atomic E-state index is 0.157. The average Bonchev–Trinajstić information content (AvgIpc) is 2.75. The summed E-state index contributed by atoms with van der Waals surface area (Å²) in [5.74, 6) is 0.827. The molecule has 0 amide bonds. The lowest BCUT2D eigenvalue weighted by Gasteiger charge is -2.11. The van der Waals surface area contributed by atoms with Gasteiger partial charge in [0.25, 0.3) is 0 Å². The Bertz CT molecular complexity index is 257. The van der Waals surface area contributed by atoms with E-state index < -0.39 is 0 Å². The van der Waals surface area contributed by atoms with Crippen molar-refractivity contribution in [1.29, 1.82) is 0 Å². The molecule has 0 aliphatic heterocycles. The third kappa shape index (κ3) is 5.64. The standard InChI is InChI=1S/C13H24N2S/c1-11(2)6-3-4-8-15-10-12(14)13-7-5-9-16-13/h5,7,9,11-12,15H,3-4,6,8,10,14H2,1-2H3. The summed E-state index contributed by atoms with van der Waals surface area (Å²) in [4.78, 5) is 1.27. The van der Waals surface area contributed by atoms with Crippen LogP contribution in [0.3, 0.4) is 0 Å². The van der Waals surface area contributed by atoms with Gasteiger partial charge in [0.1, 0.15) is 0 Å². The summed E-state index contributed by atoms with van der Waals surface area (Å²) >= 11 is 1.74. The van der Waals surface area contributed by atoms with E-state index in [9.17, 15) is 0 Å². The van der Waals surface area contributed by atoms with Crippen molar-refractivity contribution >= 4 is 11.3 Å². The molecule has 0 saturated carbocycles. The zero-order valence-electron chi connectivity index (χ0n) is 10.4. The van der Waals surface area contributed by atoms with Crippen LogP contribution >= 0.6 is 11.3 Å². The zero-order valence-corrected chi connectivity index (χ0v) is 11.2. The fourth-order valence-electron chi connectivity index (χ4n) is 1.66. The first-order valence-electron chi connectivity index (χ1n) is 6.20. The van der Waals surface area contributed by atoms with E-state index in [0.717, 1.165) is 19.0 Å². The zero-order chi connectivity index (χ0) is 11.8. The van der Waals surface area contributed by atoms with Gasteiger partial charge < -0.3 is 11.1 Å². The summed E-state index contributed by atoms with van der Waals surface area (Å²) in [6.45, 7) is 6.54. The number of hydrogen-bond acceptors (Lipinski definition) is 3. The van der Waals surface area contributed by atoms with E-state index in [2.05, 4.69) is 36.7 Å². The van der Waals surface area contributed by atoms with Crippen LogP contribution in [0.15, 0.2) is 17.5 Å². The van der Waals surface area contributed by atoms with Gasteiger partial charge in [-0.1, -0.05) is 32.8 Å². The van der Waals surface area contributed by atoms with E-state index in [1.54, 1.807) is 11.3 Å². The van der Waals surface area contributed by atoms with Gasteiger partial charge in [0.2, 0.25) is 0 Å². The first-order chi connectivity index (χ1) is 7.70. The molecule has 3 N–H and O–H groups in total. The molecule has 1 rings (SSSR count). The molecule has 0 fully saturated rings. The van der Waals surface area contributed by atoms with Gasteiger partial charge in [0, 0.05) is 11.4 Å². The molecule has 1 unspecified atom stereocenters. The normalized spacial score (nSPS) is 13.2. The largest absolute Gasteiger partial charge is 0.322 e. The lowest BCUT2D eigenvalue weighted by molar-refractivity contribution is 0.512. The Balaban J connectivity index is 1.99. The number of nitrogens with two attached hydrogens (primary N) is 1. The summed E-state index contributed by atoms with van der Waals surface area (Å²) in [5.41, 5.74) is 6.05. The van der Waals surface area contributed by atoms with Gasteiger partial charge in [-0.25, -0.2) is 0 Å². The van der Waals surface area contributed by atoms with Crippen molar-refractivity contribution in [2.75, 3.05) is 13.1 Å². The van der Waals surface area contributed by atoms with E-state index in [-0.39, 0.29) is 6.04 Å². The molecule has 0 aliphatic carbocycles. The van der Waals surface area contributed by atoms with Gasteiger partial charge in [0.15, 0.2) is 0 Å². The van der Waals surface area contributed by atoms with Crippen molar-refractivity contribution in [3.05, 3.63) is 22.4 Å². The maximum atomic E-state index is 6.05. The quantitative estimate of drug-likeness (QED) is 0.685. The molecule has 0 bridgehead atoms. The number of hydrogen-bond donors (Lipinski definition) is 2. The minimum atomic E-state index is 0.157. The van der Waals surface area contributed by atoms with Crippen LogP contribution in [0.5, 0.6) is 0 Å². The number of rotatable bonds is 8. The molecular weight excluding hydrogens is 216 g/mol. The molecule has 0 aliphatic rings. The van der Waals surface area contributed by atoms with Crippen molar-refractivity contribution < 1.29 is 0 Å². The van der Waals surface area contributed by atoms with Crippen molar-refractivity contribution in [3.8, 4) is 0 Å². The highest BCUT2D eigenvalue weighted by Crippen LogP contribution is 2.15. The second-order valence-corrected chi connectivity index (χ2v) is 5.69. The Morgan fingerprint density at radius 1 is 1.38 bits per heavy atom. The predicted octanol–water partition coefficient (Wildman–Crippen LogP) is 3.16. The number of nitrogens with one attached hydrogen (secondary N) is 1. The Hall–Kier alpha value is -0.380. The van der Waals surface area contributed by atoms with Gasteiger partial charge >= 0.3 is 0 Å². The molecule has 0 saturated heterocycles. The molecule has 3 heteroatoms. The van der Waals surface area contributed by atoms with Gasteiger partial charge in [0.05, 0.1) is 6.04 Å². The van der Waals surface area contributed by atoms with Gasteiger partial charge in [-0.15, -0.1) is 11.3 Å². The molecule has 0 aromatic carbocycles. The number of unbranched alkanes of at least 4 members (excludes halogenated alkanes) is 1. The second kappa shape index (κ2) is 7.82. The van der Waals surface area contributed by atoms with Crippen LogP contribution in [0.2, 0.25) is 0 Å². The summed E-state index contributed by atoms with van der Waals surface area (Å²) in [7, 11) is 0. The molecule has 1 aromatic heterocycles. The highest BCUT2D eigenvalue weighted by atomic mass is 32.1. The predicted molar refractivity (Wildman–Crippen MR) is 72.8 cm³/mol. The third-order valence-electron chi connectivity index (χ3n) is 2.66. The summed E-state index contributed by atoms with van der Waals surface area (Å²) in [6.07, 6.45) is 3.91. The maximum absolute atomic E-state index is 6.05. The topological polar surface area (TPSA) is 38.0 Å². The van der Waals surface area contributed by atoms with Gasteiger partial charge in [-0.05, 0) is 30.3 Å². The van der Waals surface area contributed by atoms with Crippen LogP contribution in [0.1, 0.15) is 44.0 Å². The van der Waals surface area contributed by atoms with E-state index >= 15 is 0 Å². The first-order valence-corrected chi connectivity index (χ1v) is 7.08. The summed E-state index contributed by atoms with van der Waals surface area (Å²) in [5, 5.41) is 5.51. The van der Waals surface area contributed by atoms with Crippen LogP contribution < -0.4 is 11.1 Å². The lowest BCUT2D eigenvalue weighted by atomic mass is 10.1. The highest BCUT2D eigenvalue weighted by molar-refractivity contribution is 7.10. The van der Waals surface area contributed by atoms with Gasteiger partial charge in [-0.2, -0.15) is 0 Å². The fraction of sp³-hybridized carbons (Fsp3) is 0.692. The summed E-state index contributed by atoms with van der Waals surface area (Å²) in [6, 6.07) is 4.32. The van der Waals surface area contributed by atoms with Crippen molar-refractivity contribution in [2.24, 2.45) is 11.7 Å². The Kier molecular flexibility index (Phi) is 6.69. The van der Waals surface area contributed by atoms with Gasteiger partial charge in [-0.3, -0.25) is 0 Å². The molecule has 1 heterocycles. The van der Waals surface area contributed by atoms with Crippen LogP contribution in [0, 0.1) is 5.92 Å². The molecule has 1 aromatic rings. The lowest BCUT2D eigenvalue weighted by Crippen LogP contribution is -2.27. The molecule has 0 spiro atoms.